The van der Waals surface area contributed by atoms with E-state index in [9.17, 15) is 9.59 Å². The second-order valence-corrected chi connectivity index (χ2v) is 5.96. The Kier molecular flexibility index (Phi) is 4.19. The van der Waals surface area contributed by atoms with Crippen LogP contribution in [-0.4, -0.2) is 34.6 Å². The lowest BCUT2D eigenvalue weighted by atomic mass is 10.2. The predicted octanol–water partition coefficient (Wildman–Crippen LogP) is 1.77. The average Bonchev–Trinajstić information content (AvgIpc) is 2.96. The molecule has 104 valence electrons. The van der Waals surface area contributed by atoms with Gasteiger partial charge in [-0.3, -0.25) is 9.59 Å². The molecule has 1 aromatic heterocycles. The van der Waals surface area contributed by atoms with Crippen molar-refractivity contribution in [2.24, 2.45) is 0 Å². The summed E-state index contributed by atoms with van der Waals surface area (Å²) < 4.78 is 5.06. The molecule has 19 heavy (non-hydrogen) atoms. The summed E-state index contributed by atoms with van der Waals surface area (Å²) in [5.41, 5.74) is 0.917. The minimum Gasteiger partial charge on any atom is -0.472 e. The van der Waals surface area contributed by atoms with Crippen molar-refractivity contribution >= 4 is 23.6 Å². The number of carbonyl (C=O) groups is 2. The molecule has 1 aliphatic heterocycles. The van der Waals surface area contributed by atoms with Gasteiger partial charge in [0.25, 0.3) is 0 Å². The van der Waals surface area contributed by atoms with Gasteiger partial charge in [-0.25, -0.2) is 0 Å². The number of nitrogens with zero attached hydrogens (tertiary/aromatic N) is 1. The molecule has 6 heteroatoms. The molecule has 0 bridgehead atoms. The minimum atomic E-state index is -0.412. The van der Waals surface area contributed by atoms with E-state index in [1.165, 1.54) is 6.92 Å². The second-order valence-electron chi connectivity index (χ2n) is 4.85. The van der Waals surface area contributed by atoms with Crippen LogP contribution in [0.2, 0.25) is 0 Å². The van der Waals surface area contributed by atoms with Gasteiger partial charge in [0.1, 0.15) is 11.4 Å². The Labute approximate surface area is 116 Å². The number of furan rings is 1. The summed E-state index contributed by atoms with van der Waals surface area (Å²) in [6, 6.07) is 1.49. The number of hydrogen-bond donors (Lipinski definition) is 1. The van der Waals surface area contributed by atoms with Crippen LogP contribution in [0.3, 0.4) is 0 Å². The highest BCUT2D eigenvalue weighted by Crippen LogP contribution is 2.41. The molecular formula is C13H18N2O3S. The molecular weight excluding hydrogens is 264 g/mol. The summed E-state index contributed by atoms with van der Waals surface area (Å²) >= 11 is 1.58. The van der Waals surface area contributed by atoms with E-state index in [-0.39, 0.29) is 23.2 Å². The van der Waals surface area contributed by atoms with Gasteiger partial charge in [-0.15, -0.1) is 11.8 Å². The Bertz CT molecular complexity index is 458. The van der Waals surface area contributed by atoms with Crippen LogP contribution in [0.15, 0.2) is 23.0 Å². The Morgan fingerprint density at radius 1 is 1.53 bits per heavy atom. The van der Waals surface area contributed by atoms with Crippen LogP contribution < -0.4 is 5.32 Å². The number of amides is 2. The molecule has 0 radical (unpaired) electrons. The third-order valence-corrected chi connectivity index (χ3v) is 4.25. The number of thioether (sulfide) groups is 1. The first-order valence-corrected chi connectivity index (χ1v) is 7.28. The molecule has 2 rings (SSSR count). The van der Waals surface area contributed by atoms with Crippen LogP contribution in [0.4, 0.5) is 0 Å². The highest BCUT2D eigenvalue weighted by Gasteiger charge is 2.41. The van der Waals surface area contributed by atoms with Crippen LogP contribution in [0.25, 0.3) is 0 Å². The summed E-state index contributed by atoms with van der Waals surface area (Å²) in [5.74, 6) is 0.414. The van der Waals surface area contributed by atoms with E-state index in [0.717, 1.165) is 5.56 Å². The van der Waals surface area contributed by atoms with Gasteiger partial charge < -0.3 is 14.6 Å². The molecule has 1 aliphatic rings. The van der Waals surface area contributed by atoms with Gasteiger partial charge in [0, 0.05) is 24.3 Å². The van der Waals surface area contributed by atoms with E-state index >= 15 is 0 Å². The number of rotatable bonds is 3. The van der Waals surface area contributed by atoms with E-state index in [1.807, 2.05) is 19.9 Å². The molecule has 2 unspecified atom stereocenters. The molecule has 2 atom stereocenters. The first-order chi connectivity index (χ1) is 9.00. The molecule has 5 nitrogen and oxygen atoms in total. The van der Waals surface area contributed by atoms with Crippen LogP contribution in [0.1, 0.15) is 31.7 Å². The first kappa shape index (κ1) is 14.0. The van der Waals surface area contributed by atoms with Crippen LogP contribution in [-0.2, 0) is 9.59 Å². The minimum absolute atomic E-state index is 0.0688. The van der Waals surface area contributed by atoms with Crippen molar-refractivity contribution < 1.29 is 14.0 Å². The summed E-state index contributed by atoms with van der Waals surface area (Å²) in [4.78, 5) is 25.6. The van der Waals surface area contributed by atoms with E-state index in [1.54, 1.807) is 29.2 Å². The van der Waals surface area contributed by atoms with Gasteiger partial charge in [0.15, 0.2) is 0 Å². The summed E-state index contributed by atoms with van der Waals surface area (Å²) in [5, 5.41) is 2.73. The van der Waals surface area contributed by atoms with E-state index in [0.29, 0.717) is 5.75 Å². The zero-order valence-corrected chi connectivity index (χ0v) is 12.1. The zero-order valence-electron chi connectivity index (χ0n) is 11.3. The molecule has 0 saturated carbocycles. The molecule has 1 fully saturated rings. The highest BCUT2D eigenvalue weighted by molar-refractivity contribution is 7.99. The third-order valence-electron chi connectivity index (χ3n) is 2.93. The molecule has 0 spiro atoms. The van der Waals surface area contributed by atoms with Crippen molar-refractivity contribution in [3.05, 3.63) is 24.2 Å². The van der Waals surface area contributed by atoms with Gasteiger partial charge in [-0.05, 0) is 19.9 Å². The standard InChI is InChI=1S/C13H18N2O3S/c1-8(2)14-12(17)11-7-19-13(15(11)9(3)16)10-4-5-18-6-10/h4-6,8,11,13H,7H2,1-3H3,(H,14,17). The van der Waals surface area contributed by atoms with Crippen molar-refractivity contribution in [1.82, 2.24) is 10.2 Å². The van der Waals surface area contributed by atoms with Crippen molar-refractivity contribution in [1.29, 1.82) is 0 Å². The van der Waals surface area contributed by atoms with Crippen molar-refractivity contribution in [2.75, 3.05) is 5.75 Å². The molecule has 1 aromatic rings. The van der Waals surface area contributed by atoms with Crippen LogP contribution in [0, 0.1) is 0 Å². The highest BCUT2D eigenvalue weighted by atomic mass is 32.2. The molecule has 1 saturated heterocycles. The maximum absolute atomic E-state index is 12.1. The Morgan fingerprint density at radius 3 is 2.79 bits per heavy atom. The monoisotopic (exact) mass is 282 g/mol. The van der Waals surface area contributed by atoms with Gasteiger partial charge in [-0.1, -0.05) is 0 Å². The number of hydrogen-bond acceptors (Lipinski definition) is 4. The van der Waals surface area contributed by atoms with Crippen LogP contribution >= 0.6 is 11.8 Å². The summed E-state index contributed by atoms with van der Waals surface area (Å²) in [6.07, 6.45) is 3.20. The fraction of sp³-hybridized carbons (Fsp3) is 0.538. The van der Waals surface area contributed by atoms with Gasteiger partial charge in [0.05, 0.1) is 12.5 Å². The topological polar surface area (TPSA) is 62.6 Å². The maximum atomic E-state index is 12.1. The number of carbonyl (C=O) groups excluding carboxylic acids is 2. The molecule has 0 aromatic carbocycles. The second kappa shape index (κ2) is 5.69. The van der Waals surface area contributed by atoms with E-state index in [2.05, 4.69) is 5.32 Å². The molecule has 2 amide bonds. The third kappa shape index (κ3) is 2.94. The largest absolute Gasteiger partial charge is 0.472 e. The van der Waals surface area contributed by atoms with Gasteiger partial charge in [0.2, 0.25) is 11.8 Å². The van der Waals surface area contributed by atoms with Crippen LogP contribution in [0.5, 0.6) is 0 Å². The lowest BCUT2D eigenvalue weighted by molar-refractivity contribution is -0.138. The lowest BCUT2D eigenvalue weighted by Gasteiger charge is -2.27. The van der Waals surface area contributed by atoms with Crippen molar-refractivity contribution in [3.8, 4) is 0 Å². The molecule has 2 heterocycles. The average molecular weight is 282 g/mol. The SMILES string of the molecule is CC(=O)N1C(C(=O)NC(C)C)CSC1c1ccoc1. The number of nitrogens with one attached hydrogen (secondary N) is 1. The summed E-state index contributed by atoms with van der Waals surface area (Å²) in [7, 11) is 0. The van der Waals surface area contributed by atoms with E-state index in [4.69, 9.17) is 4.42 Å². The van der Waals surface area contributed by atoms with Crippen molar-refractivity contribution in [3.63, 3.8) is 0 Å². The fourth-order valence-electron chi connectivity index (χ4n) is 2.15. The molecule has 1 N–H and O–H groups in total. The lowest BCUT2D eigenvalue weighted by Crippen LogP contribution is -2.48. The Hall–Kier alpha value is -1.43. The molecule has 0 aliphatic carbocycles. The normalized spacial score (nSPS) is 22.8. The Balaban J connectivity index is 2.18. The quantitative estimate of drug-likeness (QED) is 0.917. The fourth-order valence-corrected chi connectivity index (χ4v) is 3.61. The van der Waals surface area contributed by atoms with Crippen molar-refractivity contribution in [2.45, 2.75) is 38.2 Å². The van der Waals surface area contributed by atoms with Gasteiger partial charge >= 0.3 is 0 Å². The first-order valence-electron chi connectivity index (χ1n) is 6.23. The smallest absolute Gasteiger partial charge is 0.243 e. The maximum Gasteiger partial charge on any atom is 0.243 e. The van der Waals surface area contributed by atoms with E-state index < -0.39 is 6.04 Å². The summed E-state index contributed by atoms with van der Waals surface area (Å²) in [6.45, 7) is 5.31. The Morgan fingerprint density at radius 2 is 2.26 bits per heavy atom. The predicted molar refractivity (Wildman–Crippen MR) is 73.5 cm³/mol. The van der Waals surface area contributed by atoms with Gasteiger partial charge in [-0.2, -0.15) is 0 Å². The zero-order chi connectivity index (χ0) is 14.0.